The van der Waals surface area contributed by atoms with E-state index in [0.717, 1.165) is 48.8 Å². The van der Waals surface area contributed by atoms with E-state index in [2.05, 4.69) is 36.0 Å². The summed E-state index contributed by atoms with van der Waals surface area (Å²) in [5.41, 5.74) is 1.93. The molecule has 0 radical (unpaired) electrons. The standard InChI is InChI=1S/C21H23N7O/c29-21(18-15-22-16-5-1-2-6-17(16)23-18)28-13-11-27(12-14-28)20-8-7-19(24-25-20)26-9-3-4-10-26/h1-2,5-8,15H,3-4,9-14H2. The Morgan fingerprint density at radius 3 is 2.03 bits per heavy atom. The molecule has 148 valence electrons. The van der Waals surface area contributed by atoms with E-state index in [4.69, 9.17) is 0 Å². The minimum Gasteiger partial charge on any atom is -0.355 e. The lowest BCUT2D eigenvalue weighted by Gasteiger charge is -2.35. The van der Waals surface area contributed by atoms with Gasteiger partial charge in [0.05, 0.1) is 17.2 Å². The second kappa shape index (κ2) is 7.62. The molecule has 2 saturated heterocycles. The summed E-state index contributed by atoms with van der Waals surface area (Å²) in [4.78, 5) is 28.0. The Morgan fingerprint density at radius 2 is 1.38 bits per heavy atom. The third-order valence-corrected chi connectivity index (χ3v) is 5.62. The van der Waals surface area contributed by atoms with Gasteiger partial charge in [-0.3, -0.25) is 9.78 Å². The van der Waals surface area contributed by atoms with Gasteiger partial charge in [-0.2, -0.15) is 0 Å². The van der Waals surface area contributed by atoms with Gasteiger partial charge >= 0.3 is 0 Å². The number of carbonyl (C=O) groups excluding carboxylic acids is 1. The first kappa shape index (κ1) is 17.8. The lowest BCUT2D eigenvalue weighted by molar-refractivity contribution is 0.0740. The molecular weight excluding hydrogens is 366 g/mol. The molecule has 2 aromatic heterocycles. The molecule has 1 aromatic carbocycles. The molecule has 0 atom stereocenters. The zero-order chi connectivity index (χ0) is 19.6. The number of fused-ring (bicyclic) bond motifs is 1. The molecule has 0 saturated carbocycles. The van der Waals surface area contributed by atoms with Crippen molar-refractivity contribution in [3.8, 4) is 0 Å². The number of anilines is 2. The van der Waals surface area contributed by atoms with Crippen LogP contribution in [0.3, 0.4) is 0 Å². The maximum absolute atomic E-state index is 12.8. The van der Waals surface area contributed by atoms with E-state index < -0.39 is 0 Å². The highest BCUT2D eigenvalue weighted by molar-refractivity contribution is 5.94. The van der Waals surface area contributed by atoms with Gasteiger partial charge < -0.3 is 14.7 Å². The number of carbonyl (C=O) groups is 1. The Morgan fingerprint density at radius 1 is 0.759 bits per heavy atom. The van der Waals surface area contributed by atoms with Crippen molar-refractivity contribution in [2.24, 2.45) is 0 Å². The van der Waals surface area contributed by atoms with Crippen LogP contribution in [0.2, 0.25) is 0 Å². The van der Waals surface area contributed by atoms with E-state index in [-0.39, 0.29) is 5.91 Å². The second-order valence-electron chi connectivity index (χ2n) is 7.47. The van der Waals surface area contributed by atoms with Crippen molar-refractivity contribution in [2.75, 3.05) is 49.1 Å². The van der Waals surface area contributed by atoms with Gasteiger partial charge in [-0.15, -0.1) is 10.2 Å². The Bertz CT molecular complexity index is 1010. The molecule has 2 aliphatic heterocycles. The minimum atomic E-state index is -0.0710. The summed E-state index contributed by atoms with van der Waals surface area (Å²) in [5.74, 6) is 1.75. The van der Waals surface area contributed by atoms with Gasteiger partial charge in [0.1, 0.15) is 5.69 Å². The molecule has 29 heavy (non-hydrogen) atoms. The predicted octanol–water partition coefficient (Wildman–Crippen LogP) is 1.98. The first-order valence-electron chi connectivity index (χ1n) is 10.1. The number of rotatable bonds is 3. The van der Waals surface area contributed by atoms with Crippen LogP contribution in [0.15, 0.2) is 42.6 Å². The van der Waals surface area contributed by atoms with Crippen LogP contribution in [-0.2, 0) is 0 Å². The lowest BCUT2D eigenvalue weighted by Crippen LogP contribution is -2.49. The summed E-state index contributed by atoms with van der Waals surface area (Å²) in [6.07, 6.45) is 4.02. The number of aromatic nitrogens is 4. The summed E-state index contributed by atoms with van der Waals surface area (Å²) in [6.45, 7) is 4.83. The summed E-state index contributed by atoms with van der Waals surface area (Å²) in [5, 5.41) is 8.82. The average Bonchev–Trinajstić information content (AvgIpc) is 3.33. The van der Waals surface area contributed by atoms with Crippen molar-refractivity contribution in [1.29, 1.82) is 0 Å². The van der Waals surface area contributed by atoms with Gasteiger partial charge in [-0.25, -0.2) is 4.98 Å². The third-order valence-electron chi connectivity index (χ3n) is 5.62. The number of hydrogen-bond acceptors (Lipinski definition) is 7. The summed E-state index contributed by atoms with van der Waals surface area (Å²) >= 11 is 0. The first-order chi connectivity index (χ1) is 14.3. The molecule has 2 aliphatic rings. The van der Waals surface area contributed by atoms with Gasteiger partial charge in [0.25, 0.3) is 5.91 Å². The highest BCUT2D eigenvalue weighted by Gasteiger charge is 2.24. The van der Waals surface area contributed by atoms with Crippen LogP contribution in [0, 0.1) is 0 Å². The molecule has 5 rings (SSSR count). The monoisotopic (exact) mass is 389 g/mol. The molecule has 8 nitrogen and oxygen atoms in total. The van der Waals surface area contributed by atoms with Crippen LogP contribution in [-0.4, -0.2) is 70.2 Å². The fourth-order valence-electron chi connectivity index (χ4n) is 3.96. The van der Waals surface area contributed by atoms with Crippen molar-refractivity contribution in [1.82, 2.24) is 25.1 Å². The SMILES string of the molecule is O=C(c1cnc2ccccc2n1)N1CCN(c2ccc(N3CCCC3)nn2)CC1. The van der Waals surface area contributed by atoms with Gasteiger partial charge in [-0.05, 0) is 37.1 Å². The number of para-hydroxylation sites is 2. The highest BCUT2D eigenvalue weighted by atomic mass is 16.2. The molecule has 8 heteroatoms. The largest absolute Gasteiger partial charge is 0.355 e. The molecule has 1 amide bonds. The van der Waals surface area contributed by atoms with Crippen molar-refractivity contribution in [2.45, 2.75) is 12.8 Å². The Kier molecular flexibility index (Phi) is 4.67. The number of benzene rings is 1. The van der Waals surface area contributed by atoms with Gasteiger partial charge in [-0.1, -0.05) is 12.1 Å². The van der Waals surface area contributed by atoms with E-state index in [0.29, 0.717) is 18.8 Å². The van der Waals surface area contributed by atoms with E-state index in [9.17, 15) is 4.79 Å². The molecule has 0 aliphatic carbocycles. The van der Waals surface area contributed by atoms with E-state index >= 15 is 0 Å². The normalized spacial score (nSPS) is 17.2. The van der Waals surface area contributed by atoms with Crippen LogP contribution >= 0.6 is 0 Å². The Labute approximate surface area is 169 Å². The van der Waals surface area contributed by atoms with Crippen molar-refractivity contribution >= 4 is 28.6 Å². The lowest BCUT2D eigenvalue weighted by atomic mass is 10.2. The van der Waals surface area contributed by atoms with Gasteiger partial charge in [0, 0.05) is 39.3 Å². The van der Waals surface area contributed by atoms with Crippen LogP contribution in [0.25, 0.3) is 11.0 Å². The van der Waals surface area contributed by atoms with Crippen molar-refractivity contribution < 1.29 is 4.79 Å². The van der Waals surface area contributed by atoms with Gasteiger partial charge in [0.2, 0.25) is 0 Å². The molecule has 4 heterocycles. The Balaban J connectivity index is 1.23. The second-order valence-corrected chi connectivity index (χ2v) is 7.47. The maximum Gasteiger partial charge on any atom is 0.274 e. The zero-order valence-corrected chi connectivity index (χ0v) is 16.2. The van der Waals surface area contributed by atoms with Crippen molar-refractivity contribution in [3.05, 3.63) is 48.3 Å². The number of nitrogens with zero attached hydrogens (tertiary/aromatic N) is 7. The fourth-order valence-corrected chi connectivity index (χ4v) is 3.96. The van der Waals surface area contributed by atoms with Crippen LogP contribution in [0.4, 0.5) is 11.6 Å². The molecule has 3 aromatic rings. The zero-order valence-electron chi connectivity index (χ0n) is 16.2. The molecule has 2 fully saturated rings. The minimum absolute atomic E-state index is 0.0710. The third kappa shape index (κ3) is 3.57. The topological polar surface area (TPSA) is 78.4 Å². The highest BCUT2D eigenvalue weighted by Crippen LogP contribution is 2.20. The predicted molar refractivity (Wildman–Crippen MR) is 111 cm³/mol. The van der Waals surface area contributed by atoms with Crippen molar-refractivity contribution in [3.63, 3.8) is 0 Å². The van der Waals surface area contributed by atoms with Crippen LogP contribution in [0.5, 0.6) is 0 Å². The summed E-state index contributed by atoms with van der Waals surface area (Å²) < 4.78 is 0. The summed E-state index contributed by atoms with van der Waals surface area (Å²) in [6, 6.07) is 11.7. The smallest absolute Gasteiger partial charge is 0.274 e. The molecular formula is C21H23N7O. The fraction of sp³-hybridized carbons (Fsp3) is 0.381. The summed E-state index contributed by atoms with van der Waals surface area (Å²) in [7, 11) is 0. The van der Waals surface area contributed by atoms with Crippen LogP contribution < -0.4 is 9.80 Å². The molecule has 0 bridgehead atoms. The first-order valence-corrected chi connectivity index (χ1v) is 10.1. The van der Waals surface area contributed by atoms with Crippen LogP contribution in [0.1, 0.15) is 23.3 Å². The molecule has 0 unspecified atom stereocenters. The number of amides is 1. The molecule has 0 N–H and O–H groups in total. The molecule has 0 spiro atoms. The Hall–Kier alpha value is -3.29. The quantitative estimate of drug-likeness (QED) is 0.678. The average molecular weight is 389 g/mol. The maximum atomic E-state index is 12.8. The van der Waals surface area contributed by atoms with E-state index in [1.165, 1.54) is 12.8 Å². The van der Waals surface area contributed by atoms with Gasteiger partial charge in [0.15, 0.2) is 11.6 Å². The number of hydrogen-bond donors (Lipinski definition) is 0. The van der Waals surface area contributed by atoms with E-state index in [1.807, 2.05) is 35.2 Å². The van der Waals surface area contributed by atoms with E-state index in [1.54, 1.807) is 6.20 Å². The number of piperazine rings is 1.